The third-order valence-electron chi connectivity index (χ3n) is 3.47. The van der Waals surface area contributed by atoms with Crippen molar-refractivity contribution in [1.82, 2.24) is 0 Å². The van der Waals surface area contributed by atoms with Crippen LogP contribution in [0.5, 0.6) is 11.5 Å². The summed E-state index contributed by atoms with van der Waals surface area (Å²) in [5.74, 6) is 0.915. The molecule has 0 saturated heterocycles. The molecular formula is C16H24O4. The number of carbonyl (C=O) groups is 1. The first kappa shape index (κ1) is 16.3. The van der Waals surface area contributed by atoms with Crippen molar-refractivity contribution < 1.29 is 19.4 Å². The molecule has 0 fully saturated rings. The van der Waals surface area contributed by atoms with Crippen LogP contribution in [-0.4, -0.2) is 25.3 Å². The highest BCUT2D eigenvalue weighted by molar-refractivity contribution is 5.74. The summed E-state index contributed by atoms with van der Waals surface area (Å²) >= 11 is 0. The van der Waals surface area contributed by atoms with E-state index in [1.807, 2.05) is 12.1 Å². The Morgan fingerprint density at radius 1 is 1.20 bits per heavy atom. The molecule has 1 aromatic rings. The van der Waals surface area contributed by atoms with Gasteiger partial charge in [-0.25, -0.2) is 0 Å². The minimum Gasteiger partial charge on any atom is -0.496 e. The molecular weight excluding hydrogens is 256 g/mol. The number of hydrogen-bond donors (Lipinski definition) is 1. The van der Waals surface area contributed by atoms with E-state index in [9.17, 15) is 9.90 Å². The van der Waals surface area contributed by atoms with Crippen LogP contribution in [0.2, 0.25) is 0 Å². The van der Waals surface area contributed by atoms with E-state index >= 15 is 0 Å². The van der Waals surface area contributed by atoms with Gasteiger partial charge in [0.05, 0.1) is 19.6 Å². The topological polar surface area (TPSA) is 55.8 Å². The Morgan fingerprint density at radius 3 is 2.15 bits per heavy atom. The van der Waals surface area contributed by atoms with Crippen LogP contribution in [0.1, 0.15) is 44.7 Å². The molecule has 0 aliphatic carbocycles. The lowest BCUT2D eigenvalue weighted by molar-refractivity contribution is -0.146. The molecule has 0 unspecified atom stereocenters. The molecule has 20 heavy (non-hydrogen) atoms. The van der Waals surface area contributed by atoms with Gasteiger partial charge in [-0.15, -0.1) is 0 Å². The number of rotatable bonds is 6. The normalized spacial score (nSPS) is 11.6. The predicted octanol–water partition coefficient (Wildman–Crippen LogP) is 3.48. The van der Waals surface area contributed by atoms with E-state index in [0.29, 0.717) is 18.1 Å². The zero-order valence-corrected chi connectivity index (χ0v) is 13.1. The molecule has 4 heteroatoms. The van der Waals surface area contributed by atoms with E-state index in [1.165, 1.54) is 0 Å². The second kappa shape index (κ2) is 6.16. The van der Waals surface area contributed by atoms with Crippen LogP contribution in [0.3, 0.4) is 0 Å². The van der Waals surface area contributed by atoms with Crippen LogP contribution in [-0.2, 0) is 11.2 Å². The molecule has 0 aromatic heterocycles. The van der Waals surface area contributed by atoms with Crippen molar-refractivity contribution in [3.63, 3.8) is 0 Å². The van der Waals surface area contributed by atoms with Gasteiger partial charge in [0.25, 0.3) is 0 Å². The van der Waals surface area contributed by atoms with Gasteiger partial charge >= 0.3 is 5.97 Å². The lowest BCUT2D eigenvalue weighted by Crippen LogP contribution is -2.26. The lowest BCUT2D eigenvalue weighted by Gasteiger charge is -2.23. The minimum absolute atomic E-state index is 0.294. The van der Waals surface area contributed by atoms with E-state index in [4.69, 9.17) is 9.47 Å². The van der Waals surface area contributed by atoms with E-state index in [1.54, 1.807) is 28.1 Å². The molecule has 0 aliphatic rings. The highest BCUT2D eigenvalue weighted by Gasteiger charge is 2.29. The second-order valence-corrected chi connectivity index (χ2v) is 5.93. The maximum absolute atomic E-state index is 11.3. The first-order valence-corrected chi connectivity index (χ1v) is 6.71. The summed E-state index contributed by atoms with van der Waals surface area (Å²) in [6.45, 7) is 7.59. The van der Waals surface area contributed by atoms with E-state index in [-0.39, 0.29) is 0 Å². The van der Waals surface area contributed by atoms with Gasteiger partial charge < -0.3 is 14.6 Å². The standard InChI is InChI=1S/C16H24O4/c1-10(2)12-7-11(9-16(3,4)15(17)18)13(19-5)8-14(12)20-6/h7-8,10H,9H2,1-6H3,(H,17,18). The Bertz CT molecular complexity index is 489. The third-order valence-corrected chi connectivity index (χ3v) is 3.47. The van der Waals surface area contributed by atoms with Gasteiger partial charge in [0.1, 0.15) is 11.5 Å². The molecule has 4 nitrogen and oxygen atoms in total. The molecule has 0 heterocycles. The summed E-state index contributed by atoms with van der Waals surface area (Å²) in [7, 11) is 3.21. The van der Waals surface area contributed by atoms with E-state index < -0.39 is 11.4 Å². The zero-order chi connectivity index (χ0) is 15.5. The predicted molar refractivity (Wildman–Crippen MR) is 78.8 cm³/mol. The first-order valence-electron chi connectivity index (χ1n) is 6.71. The Kier molecular flexibility index (Phi) is 5.03. The molecule has 0 radical (unpaired) electrons. The maximum Gasteiger partial charge on any atom is 0.309 e. The van der Waals surface area contributed by atoms with Crippen LogP contribution < -0.4 is 9.47 Å². The summed E-state index contributed by atoms with van der Waals surface area (Å²) in [5, 5.41) is 9.28. The number of ether oxygens (including phenoxy) is 2. The SMILES string of the molecule is COc1cc(OC)c(C(C)C)cc1CC(C)(C)C(=O)O. The van der Waals surface area contributed by atoms with Crippen LogP contribution in [0.4, 0.5) is 0 Å². The lowest BCUT2D eigenvalue weighted by atomic mass is 9.84. The largest absolute Gasteiger partial charge is 0.496 e. The molecule has 0 saturated carbocycles. The van der Waals surface area contributed by atoms with Crippen molar-refractivity contribution in [1.29, 1.82) is 0 Å². The van der Waals surface area contributed by atoms with E-state index in [2.05, 4.69) is 13.8 Å². The zero-order valence-electron chi connectivity index (χ0n) is 13.1. The van der Waals surface area contributed by atoms with Crippen molar-refractivity contribution >= 4 is 5.97 Å². The minimum atomic E-state index is -0.837. The monoisotopic (exact) mass is 280 g/mol. The number of carboxylic acid groups (broad SMARTS) is 1. The van der Waals surface area contributed by atoms with Gasteiger partial charge in [0, 0.05) is 6.07 Å². The molecule has 1 rings (SSSR count). The summed E-state index contributed by atoms with van der Waals surface area (Å²) in [5.41, 5.74) is 1.12. The Balaban J connectivity index is 3.31. The van der Waals surface area contributed by atoms with Gasteiger partial charge in [0.2, 0.25) is 0 Å². The van der Waals surface area contributed by atoms with Gasteiger partial charge in [-0.1, -0.05) is 13.8 Å². The van der Waals surface area contributed by atoms with E-state index in [0.717, 1.165) is 16.9 Å². The number of methoxy groups -OCH3 is 2. The molecule has 1 aromatic carbocycles. The molecule has 1 N–H and O–H groups in total. The average molecular weight is 280 g/mol. The average Bonchev–Trinajstić information content (AvgIpc) is 2.37. The van der Waals surface area contributed by atoms with Crippen LogP contribution in [0.15, 0.2) is 12.1 Å². The Hall–Kier alpha value is -1.71. The number of hydrogen-bond acceptors (Lipinski definition) is 3. The van der Waals surface area contributed by atoms with Gasteiger partial charge in [-0.2, -0.15) is 0 Å². The van der Waals surface area contributed by atoms with Crippen LogP contribution in [0, 0.1) is 5.41 Å². The molecule has 0 bridgehead atoms. The number of benzene rings is 1. The first-order chi connectivity index (χ1) is 9.22. The molecule has 0 spiro atoms. The maximum atomic E-state index is 11.3. The fourth-order valence-electron chi connectivity index (χ4n) is 2.13. The molecule has 0 amide bonds. The van der Waals surface area contributed by atoms with Gasteiger partial charge in [-0.3, -0.25) is 4.79 Å². The van der Waals surface area contributed by atoms with Gasteiger partial charge in [0.15, 0.2) is 0 Å². The highest BCUT2D eigenvalue weighted by Crippen LogP contribution is 2.36. The molecule has 0 aliphatic heterocycles. The third kappa shape index (κ3) is 3.44. The summed E-state index contributed by atoms with van der Waals surface area (Å²) in [6.07, 6.45) is 0.412. The van der Waals surface area contributed by atoms with Crippen molar-refractivity contribution in [2.45, 2.75) is 40.0 Å². The number of carboxylic acids is 1. The van der Waals surface area contributed by atoms with Crippen LogP contribution >= 0.6 is 0 Å². The fraction of sp³-hybridized carbons (Fsp3) is 0.562. The Morgan fingerprint density at radius 2 is 1.75 bits per heavy atom. The molecule has 112 valence electrons. The summed E-state index contributed by atoms with van der Waals surface area (Å²) in [4.78, 5) is 11.3. The Labute approximate surface area is 120 Å². The van der Waals surface area contributed by atoms with Crippen molar-refractivity contribution in [2.24, 2.45) is 5.41 Å². The van der Waals surface area contributed by atoms with Crippen molar-refractivity contribution in [3.8, 4) is 11.5 Å². The molecule has 0 atom stereocenters. The summed E-state index contributed by atoms with van der Waals surface area (Å²) in [6, 6.07) is 3.83. The van der Waals surface area contributed by atoms with Crippen LogP contribution in [0.25, 0.3) is 0 Å². The number of aliphatic carboxylic acids is 1. The fourth-order valence-corrected chi connectivity index (χ4v) is 2.13. The van der Waals surface area contributed by atoms with Gasteiger partial charge in [-0.05, 0) is 43.4 Å². The van der Waals surface area contributed by atoms with Crippen molar-refractivity contribution in [2.75, 3.05) is 14.2 Å². The second-order valence-electron chi connectivity index (χ2n) is 5.93. The highest BCUT2D eigenvalue weighted by atomic mass is 16.5. The summed E-state index contributed by atoms with van der Waals surface area (Å²) < 4.78 is 10.8. The quantitative estimate of drug-likeness (QED) is 0.866. The van der Waals surface area contributed by atoms with Crippen molar-refractivity contribution in [3.05, 3.63) is 23.3 Å². The smallest absolute Gasteiger partial charge is 0.309 e.